The Morgan fingerprint density at radius 2 is 1.94 bits per heavy atom. The summed E-state index contributed by atoms with van der Waals surface area (Å²) < 4.78 is 8.36. The van der Waals surface area contributed by atoms with Gasteiger partial charge in [0.25, 0.3) is 5.91 Å². The molecule has 1 N–H and O–H groups in total. The number of carbonyl (C=O) groups is 1. The van der Waals surface area contributed by atoms with Crippen LogP contribution in [0.1, 0.15) is 21.5 Å². The van der Waals surface area contributed by atoms with Crippen molar-refractivity contribution in [1.29, 1.82) is 0 Å². The van der Waals surface area contributed by atoms with Crippen molar-refractivity contribution in [1.82, 2.24) is 14.7 Å². The van der Waals surface area contributed by atoms with Crippen molar-refractivity contribution < 1.29 is 9.53 Å². The van der Waals surface area contributed by atoms with Gasteiger partial charge < -0.3 is 10.1 Å². The van der Waals surface area contributed by atoms with Crippen molar-refractivity contribution in [2.45, 2.75) is 13.5 Å². The van der Waals surface area contributed by atoms with E-state index < -0.39 is 0 Å². The van der Waals surface area contributed by atoms with Crippen molar-refractivity contribution in [3.8, 4) is 17.0 Å². The second-order valence-corrected chi connectivity index (χ2v) is 8.47. The van der Waals surface area contributed by atoms with E-state index in [-0.39, 0.29) is 5.91 Å². The topological polar surface area (TPSA) is 55.6 Å². The van der Waals surface area contributed by atoms with Crippen LogP contribution in [0, 0.1) is 6.92 Å². The van der Waals surface area contributed by atoms with E-state index in [1.54, 1.807) is 18.4 Å². The fourth-order valence-electron chi connectivity index (χ4n) is 3.57. The Kier molecular flexibility index (Phi) is 4.92. The van der Waals surface area contributed by atoms with Crippen molar-refractivity contribution in [3.05, 3.63) is 89.6 Å². The molecule has 2 aromatic heterocycles. The zero-order valence-corrected chi connectivity index (χ0v) is 18.1. The quantitative estimate of drug-likeness (QED) is 0.405. The zero-order valence-electron chi connectivity index (χ0n) is 17.3. The molecule has 31 heavy (non-hydrogen) atoms. The molecule has 5 nitrogen and oxygen atoms in total. The summed E-state index contributed by atoms with van der Waals surface area (Å²) in [5.74, 6) is 0.677. The van der Waals surface area contributed by atoms with Gasteiger partial charge in [0, 0.05) is 23.9 Å². The van der Waals surface area contributed by atoms with Crippen LogP contribution in [0.3, 0.4) is 0 Å². The third-order valence-electron chi connectivity index (χ3n) is 5.29. The fourth-order valence-corrected chi connectivity index (χ4v) is 4.62. The Hall–Kier alpha value is -3.64. The Balaban J connectivity index is 1.38. The highest BCUT2D eigenvalue weighted by Gasteiger charge is 2.13. The lowest BCUT2D eigenvalue weighted by atomic mass is 10.1. The molecule has 0 saturated heterocycles. The highest BCUT2D eigenvalue weighted by atomic mass is 32.1. The number of hydrogen-bond donors (Lipinski definition) is 1. The number of thiazole rings is 1. The van der Waals surface area contributed by atoms with Gasteiger partial charge in [0.15, 0.2) is 4.96 Å². The first-order valence-electron chi connectivity index (χ1n) is 10.0. The molecule has 6 heteroatoms. The third-order valence-corrected chi connectivity index (χ3v) is 6.31. The molecule has 2 heterocycles. The summed E-state index contributed by atoms with van der Waals surface area (Å²) in [6.07, 6.45) is 2.06. The van der Waals surface area contributed by atoms with Gasteiger partial charge in [-0.05, 0) is 42.8 Å². The maximum atomic E-state index is 12.7. The van der Waals surface area contributed by atoms with E-state index in [4.69, 9.17) is 9.72 Å². The minimum atomic E-state index is -0.101. The predicted molar refractivity (Wildman–Crippen MR) is 125 cm³/mol. The molecule has 0 atom stereocenters. The van der Waals surface area contributed by atoms with Gasteiger partial charge in [-0.15, -0.1) is 0 Å². The van der Waals surface area contributed by atoms with Crippen molar-refractivity contribution in [2.75, 3.05) is 7.11 Å². The zero-order chi connectivity index (χ0) is 21.4. The summed E-state index contributed by atoms with van der Waals surface area (Å²) in [6, 6.07) is 21.8. The van der Waals surface area contributed by atoms with E-state index in [9.17, 15) is 4.79 Å². The number of imidazole rings is 1. The molecule has 0 aliphatic heterocycles. The number of aryl methyl sites for hydroxylation is 1. The number of hydrogen-bond acceptors (Lipinski definition) is 4. The summed E-state index contributed by atoms with van der Waals surface area (Å²) in [5.41, 5.74) is 5.96. The van der Waals surface area contributed by atoms with E-state index in [1.807, 2.05) is 42.5 Å². The molecule has 0 aliphatic rings. The Morgan fingerprint density at radius 3 is 2.74 bits per heavy atom. The molecular formula is C25H21N3O2S. The lowest BCUT2D eigenvalue weighted by molar-refractivity contribution is 0.0951. The van der Waals surface area contributed by atoms with E-state index in [0.29, 0.717) is 12.1 Å². The minimum Gasteiger partial charge on any atom is -0.497 e. The van der Waals surface area contributed by atoms with Gasteiger partial charge in [0.2, 0.25) is 0 Å². The van der Waals surface area contributed by atoms with Gasteiger partial charge in [0.05, 0.1) is 23.0 Å². The van der Waals surface area contributed by atoms with Gasteiger partial charge in [0.1, 0.15) is 5.75 Å². The molecule has 0 unspecified atom stereocenters. The smallest absolute Gasteiger partial charge is 0.251 e. The molecule has 0 spiro atoms. The van der Waals surface area contributed by atoms with Gasteiger partial charge in [-0.25, -0.2) is 4.98 Å². The lowest BCUT2D eigenvalue weighted by Crippen LogP contribution is -2.22. The number of rotatable bonds is 5. The van der Waals surface area contributed by atoms with Crippen LogP contribution in [0.15, 0.2) is 72.9 Å². The largest absolute Gasteiger partial charge is 0.497 e. The lowest BCUT2D eigenvalue weighted by Gasteiger charge is -2.07. The second-order valence-electron chi connectivity index (χ2n) is 7.46. The second kappa shape index (κ2) is 7.89. The van der Waals surface area contributed by atoms with E-state index >= 15 is 0 Å². The summed E-state index contributed by atoms with van der Waals surface area (Å²) in [4.78, 5) is 18.4. The Labute approximate surface area is 183 Å². The number of aromatic nitrogens is 2. The van der Waals surface area contributed by atoms with E-state index in [0.717, 1.165) is 37.7 Å². The van der Waals surface area contributed by atoms with Crippen LogP contribution in [-0.2, 0) is 6.54 Å². The highest BCUT2D eigenvalue weighted by molar-refractivity contribution is 7.23. The van der Waals surface area contributed by atoms with Crippen LogP contribution >= 0.6 is 11.3 Å². The van der Waals surface area contributed by atoms with Gasteiger partial charge in [-0.2, -0.15) is 0 Å². The monoisotopic (exact) mass is 427 g/mol. The molecule has 3 aromatic carbocycles. The average molecular weight is 428 g/mol. The van der Waals surface area contributed by atoms with E-state index in [2.05, 4.69) is 47.1 Å². The molecule has 0 radical (unpaired) electrons. The van der Waals surface area contributed by atoms with Gasteiger partial charge in [-0.1, -0.05) is 53.3 Å². The number of nitrogens with one attached hydrogen (secondary N) is 1. The number of fused-ring (bicyclic) bond motifs is 3. The molecular weight excluding hydrogens is 406 g/mol. The average Bonchev–Trinajstić information content (AvgIpc) is 3.35. The number of benzene rings is 3. The molecule has 5 rings (SSSR count). The molecule has 0 bridgehead atoms. The first kappa shape index (κ1) is 19.3. The van der Waals surface area contributed by atoms with Crippen molar-refractivity contribution >= 4 is 32.4 Å². The van der Waals surface area contributed by atoms with Crippen LogP contribution in [0.25, 0.3) is 26.4 Å². The SMILES string of the molecule is COc1cccc(CNC(=O)c2ccc3c(c2)sc2nc(-c4ccc(C)cc4)cn23)c1. The van der Waals surface area contributed by atoms with Gasteiger partial charge in [-0.3, -0.25) is 9.20 Å². The maximum Gasteiger partial charge on any atom is 0.251 e. The fraction of sp³-hybridized carbons (Fsp3) is 0.120. The minimum absolute atomic E-state index is 0.101. The first-order valence-corrected chi connectivity index (χ1v) is 10.8. The summed E-state index contributed by atoms with van der Waals surface area (Å²) in [6.45, 7) is 2.52. The summed E-state index contributed by atoms with van der Waals surface area (Å²) in [7, 11) is 1.63. The number of carbonyl (C=O) groups excluding carboxylic acids is 1. The van der Waals surface area contributed by atoms with Crippen LogP contribution in [0.4, 0.5) is 0 Å². The third kappa shape index (κ3) is 3.78. The standard InChI is InChI=1S/C25H21N3O2S/c1-16-6-8-18(9-7-16)21-15-28-22-11-10-19(13-23(22)31-25(28)27-21)24(29)26-14-17-4-3-5-20(12-17)30-2/h3-13,15H,14H2,1-2H3,(H,26,29). The number of methoxy groups -OCH3 is 1. The van der Waals surface area contributed by atoms with Crippen molar-refractivity contribution in [3.63, 3.8) is 0 Å². The Morgan fingerprint density at radius 1 is 1.10 bits per heavy atom. The number of nitrogens with zero attached hydrogens (tertiary/aromatic N) is 2. The van der Waals surface area contributed by atoms with Crippen molar-refractivity contribution in [2.24, 2.45) is 0 Å². The molecule has 0 fully saturated rings. The summed E-state index contributed by atoms with van der Waals surface area (Å²) in [5, 5.41) is 2.98. The number of amides is 1. The number of ether oxygens (including phenoxy) is 1. The molecule has 5 aromatic rings. The predicted octanol–water partition coefficient (Wildman–Crippen LogP) is 5.46. The molecule has 0 saturated carbocycles. The first-order chi connectivity index (χ1) is 15.1. The molecule has 154 valence electrons. The molecule has 1 amide bonds. The normalized spacial score (nSPS) is 11.2. The molecule has 0 aliphatic carbocycles. The van der Waals surface area contributed by atoms with Crippen LogP contribution < -0.4 is 10.1 Å². The highest BCUT2D eigenvalue weighted by Crippen LogP contribution is 2.30. The van der Waals surface area contributed by atoms with Crippen LogP contribution in [-0.4, -0.2) is 22.4 Å². The van der Waals surface area contributed by atoms with E-state index in [1.165, 1.54) is 5.56 Å². The Bertz CT molecular complexity index is 1400. The van der Waals surface area contributed by atoms with Gasteiger partial charge >= 0.3 is 0 Å². The maximum absolute atomic E-state index is 12.7. The van der Waals surface area contributed by atoms with Crippen LogP contribution in [0.5, 0.6) is 5.75 Å². The van der Waals surface area contributed by atoms with Crippen LogP contribution in [0.2, 0.25) is 0 Å². The summed E-state index contributed by atoms with van der Waals surface area (Å²) >= 11 is 1.59.